The molecule has 0 radical (unpaired) electrons. The number of hydrogen-bond donors (Lipinski definition) is 0. The molecular formula is C19H22N2O3S. The predicted molar refractivity (Wildman–Crippen MR) is 98.4 cm³/mol. The van der Waals surface area contributed by atoms with Crippen molar-refractivity contribution in [3.63, 3.8) is 0 Å². The summed E-state index contributed by atoms with van der Waals surface area (Å²) in [6.45, 7) is 1.50. The number of nitrogens with zero attached hydrogens (tertiary/aromatic N) is 2. The summed E-state index contributed by atoms with van der Waals surface area (Å²) < 4.78 is 10.9. The lowest BCUT2D eigenvalue weighted by molar-refractivity contribution is -0.127. The Kier molecular flexibility index (Phi) is 5.81. The summed E-state index contributed by atoms with van der Waals surface area (Å²) in [5.74, 6) is 2.41. The van der Waals surface area contributed by atoms with Gasteiger partial charge in [-0.25, -0.2) is 0 Å². The van der Waals surface area contributed by atoms with Crippen LogP contribution in [0.3, 0.4) is 0 Å². The second-order valence-corrected chi connectivity index (χ2v) is 6.93. The van der Waals surface area contributed by atoms with E-state index in [-0.39, 0.29) is 11.8 Å². The summed E-state index contributed by atoms with van der Waals surface area (Å²) in [5.41, 5.74) is 1.11. The molecule has 6 heteroatoms. The fourth-order valence-corrected chi connectivity index (χ4v) is 3.93. The summed E-state index contributed by atoms with van der Waals surface area (Å²) in [6, 6.07) is 9.77. The van der Waals surface area contributed by atoms with Gasteiger partial charge in [-0.1, -0.05) is 12.1 Å². The van der Waals surface area contributed by atoms with Crippen LogP contribution in [-0.4, -0.2) is 48.9 Å². The van der Waals surface area contributed by atoms with Gasteiger partial charge >= 0.3 is 0 Å². The highest BCUT2D eigenvalue weighted by atomic mass is 32.2. The maximum Gasteiger partial charge on any atom is 0.232 e. The minimum absolute atomic E-state index is 0.172. The lowest BCUT2D eigenvalue weighted by atomic mass is 9.97. The number of methoxy groups -OCH3 is 2. The first-order chi connectivity index (χ1) is 12.2. The van der Waals surface area contributed by atoms with Crippen LogP contribution in [0.5, 0.6) is 11.5 Å². The SMILES string of the molecule is COc1cccc([C@H]2CCN(C(=O)CSc3ccncc3)C2)c1OC. The molecule has 2 aromatic rings. The van der Waals surface area contributed by atoms with Gasteiger partial charge in [0, 0.05) is 41.9 Å². The largest absolute Gasteiger partial charge is 0.493 e. The second-order valence-electron chi connectivity index (χ2n) is 5.88. The van der Waals surface area contributed by atoms with Crippen molar-refractivity contribution >= 4 is 17.7 Å². The van der Waals surface area contributed by atoms with Crippen molar-refractivity contribution in [1.29, 1.82) is 0 Å². The van der Waals surface area contributed by atoms with Gasteiger partial charge in [0.05, 0.1) is 20.0 Å². The molecule has 2 heterocycles. The Hall–Kier alpha value is -2.21. The molecule has 0 bridgehead atoms. The third-order valence-corrected chi connectivity index (χ3v) is 5.42. The molecule has 1 fully saturated rings. The van der Waals surface area contributed by atoms with Crippen LogP contribution < -0.4 is 9.47 Å². The molecule has 0 saturated carbocycles. The first-order valence-electron chi connectivity index (χ1n) is 8.24. The maximum atomic E-state index is 12.5. The number of thioether (sulfide) groups is 1. The van der Waals surface area contributed by atoms with Gasteiger partial charge in [-0.3, -0.25) is 9.78 Å². The van der Waals surface area contributed by atoms with E-state index in [9.17, 15) is 4.79 Å². The van der Waals surface area contributed by atoms with Crippen LogP contribution in [0, 0.1) is 0 Å². The van der Waals surface area contributed by atoms with Gasteiger partial charge in [0.1, 0.15) is 0 Å². The van der Waals surface area contributed by atoms with E-state index < -0.39 is 0 Å². The lowest BCUT2D eigenvalue weighted by Crippen LogP contribution is -2.30. The first kappa shape index (κ1) is 17.6. The minimum Gasteiger partial charge on any atom is -0.493 e. The molecular weight excluding hydrogens is 336 g/mol. The Balaban J connectivity index is 1.63. The summed E-state index contributed by atoms with van der Waals surface area (Å²) in [5, 5.41) is 0. The Labute approximate surface area is 152 Å². The average molecular weight is 358 g/mol. The zero-order valence-corrected chi connectivity index (χ0v) is 15.3. The van der Waals surface area contributed by atoms with Gasteiger partial charge in [-0.15, -0.1) is 11.8 Å². The summed E-state index contributed by atoms with van der Waals surface area (Å²) >= 11 is 1.55. The highest BCUT2D eigenvalue weighted by Gasteiger charge is 2.29. The first-order valence-corrected chi connectivity index (χ1v) is 9.23. The number of amides is 1. The number of carbonyl (C=O) groups is 1. The number of likely N-dealkylation sites (tertiary alicyclic amines) is 1. The third-order valence-electron chi connectivity index (χ3n) is 4.43. The minimum atomic E-state index is 0.172. The number of benzene rings is 1. The Morgan fingerprint density at radius 1 is 1.24 bits per heavy atom. The summed E-state index contributed by atoms with van der Waals surface area (Å²) in [7, 11) is 3.30. The van der Waals surface area contributed by atoms with Crippen LogP contribution in [-0.2, 0) is 4.79 Å². The molecule has 1 aromatic carbocycles. The monoisotopic (exact) mass is 358 g/mol. The van der Waals surface area contributed by atoms with E-state index in [1.54, 1.807) is 38.4 Å². The van der Waals surface area contributed by atoms with Crippen molar-refractivity contribution in [2.24, 2.45) is 0 Å². The fraction of sp³-hybridized carbons (Fsp3) is 0.368. The Morgan fingerprint density at radius 3 is 2.76 bits per heavy atom. The number of pyridine rings is 1. The molecule has 1 aromatic heterocycles. The van der Waals surface area contributed by atoms with Crippen LogP contribution in [0.2, 0.25) is 0 Å². The molecule has 3 rings (SSSR count). The van der Waals surface area contributed by atoms with E-state index >= 15 is 0 Å². The molecule has 0 aliphatic carbocycles. The van der Waals surface area contributed by atoms with Gasteiger partial charge in [-0.05, 0) is 24.6 Å². The number of aromatic nitrogens is 1. The molecule has 25 heavy (non-hydrogen) atoms. The van der Waals surface area contributed by atoms with E-state index in [1.165, 1.54) is 0 Å². The summed E-state index contributed by atoms with van der Waals surface area (Å²) in [6.07, 6.45) is 4.43. The van der Waals surface area contributed by atoms with Gasteiger partial charge in [0.25, 0.3) is 0 Å². The molecule has 1 aliphatic heterocycles. The van der Waals surface area contributed by atoms with E-state index in [0.29, 0.717) is 5.75 Å². The van der Waals surface area contributed by atoms with Crippen molar-refractivity contribution in [2.75, 3.05) is 33.1 Å². The van der Waals surface area contributed by atoms with Crippen LogP contribution in [0.1, 0.15) is 17.9 Å². The molecule has 5 nitrogen and oxygen atoms in total. The standard InChI is InChI=1S/C19H22N2O3S/c1-23-17-5-3-4-16(19(17)24-2)14-8-11-21(12-14)18(22)13-25-15-6-9-20-10-7-15/h3-7,9-10,14H,8,11-13H2,1-2H3/t14-/m0/s1. The van der Waals surface area contributed by atoms with Crippen molar-refractivity contribution < 1.29 is 14.3 Å². The van der Waals surface area contributed by atoms with Gasteiger partial charge in [-0.2, -0.15) is 0 Å². The van der Waals surface area contributed by atoms with Gasteiger partial charge < -0.3 is 14.4 Å². The number of carbonyl (C=O) groups excluding carboxylic acids is 1. The van der Waals surface area contributed by atoms with Gasteiger partial charge in [0.15, 0.2) is 11.5 Å². The molecule has 1 atom stereocenters. The zero-order valence-electron chi connectivity index (χ0n) is 14.5. The molecule has 1 amide bonds. The maximum absolute atomic E-state index is 12.5. The second kappa shape index (κ2) is 8.25. The highest BCUT2D eigenvalue weighted by Crippen LogP contribution is 2.39. The number of ether oxygens (including phenoxy) is 2. The van der Waals surface area contributed by atoms with Crippen LogP contribution >= 0.6 is 11.8 Å². The molecule has 1 saturated heterocycles. The zero-order chi connectivity index (χ0) is 17.6. The Morgan fingerprint density at radius 2 is 2.04 bits per heavy atom. The van der Waals surface area contributed by atoms with Crippen molar-refractivity contribution in [1.82, 2.24) is 9.88 Å². The van der Waals surface area contributed by atoms with E-state index in [1.807, 2.05) is 29.2 Å². The molecule has 0 N–H and O–H groups in total. The number of hydrogen-bond acceptors (Lipinski definition) is 5. The quantitative estimate of drug-likeness (QED) is 0.742. The van der Waals surface area contributed by atoms with E-state index in [2.05, 4.69) is 11.1 Å². The molecule has 0 spiro atoms. The topological polar surface area (TPSA) is 51.7 Å². The van der Waals surface area contributed by atoms with Crippen molar-refractivity contribution in [3.05, 3.63) is 48.3 Å². The Bertz CT molecular complexity index is 724. The lowest BCUT2D eigenvalue weighted by Gasteiger charge is -2.19. The molecule has 1 aliphatic rings. The predicted octanol–water partition coefficient (Wildman–Crippen LogP) is 3.21. The van der Waals surface area contributed by atoms with Crippen LogP contribution in [0.15, 0.2) is 47.6 Å². The number of rotatable bonds is 6. The van der Waals surface area contributed by atoms with Crippen LogP contribution in [0.4, 0.5) is 0 Å². The molecule has 0 unspecified atom stereocenters. The smallest absolute Gasteiger partial charge is 0.232 e. The summed E-state index contributed by atoms with van der Waals surface area (Å²) in [4.78, 5) is 19.5. The van der Waals surface area contributed by atoms with Crippen molar-refractivity contribution in [2.45, 2.75) is 17.2 Å². The third kappa shape index (κ3) is 4.07. The van der Waals surface area contributed by atoms with Crippen molar-refractivity contribution in [3.8, 4) is 11.5 Å². The van der Waals surface area contributed by atoms with Gasteiger partial charge in [0.2, 0.25) is 5.91 Å². The van der Waals surface area contributed by atoms with E-state index in [4.69, 9.17) is 9.47 Å². The van der Waals surface area contributed by atoms with E-state index in [0.717, 1.165) is 41.5 Å². The highest BCUT2D eigenvalue weighted by molar-refractivity contribution is 8.00. The average Bonchev–Trinajstić information content (AvgIpc) is 3.16. The number of para-hydroxylation sites is 1. The van der Waals surface area contributed by atoms with Crippen LogP contribution in [0.25, 0.3) is 0 Å². The normalized spacial score (nSPS) is 16.7. The fourth-order valence-electron chi connectivity index (χ4n) is 3.14. The molecule has 132 valence electrons.